The van der Waals surface area contributed by atoms with Gasteiger partial charge in [-0.25, -0.2) is 0 Å². The smallest absolute Gasteiger partial charge is 0.0568 e. The van der Waals surface area contributed by atoms with Gasteiger partial charge < -0.3 is 5.73 Å². The van der Waals surface area contributed by atoms with E-state index >= 15 is 0 Å². The fourth-order valence-electron chi connectivity index (χ4n) is 1.44. The third-order valence-corrected chi connectivity index (χ3v) is 2.38. The van der Waals surface area contributed by atoms with Gasteiger partial charge in [0.25, 0.3) is 0 Å². The Bertz CT molecular complexity index is 451. The van der Waals surface area contributed by atoms with E-state index in [9.17, 15) is 0 Å². The summed E-state index contributed by atoms with van der Waals surface area (Å²) in [5.74, 6) is 0. The molecule has 0 aliphatic rings. The molecule has 2 aromatic rings. The van der Waals surface area contributed by atoms with Crippen molar-refractivity contribution in [2.75, 3.05) is 6.54 Å². The number of hydrogen-bond donors (Lipinski definition) is 1. The number of nitrogens with two attached hydrogens (primary N) is 1. The summed E-state index contributed by atoms with van der Waals surface area (Å²) in [7, 11) is 0. The van der Waals surface area contributed by atoms with Crippen molar-refractivity contribution in [3.63, 3.8) is 0 Å². The molecule has 4 heteroatoms. The monoisotopic (exact) mass is 221 g/mol. The summed E-state index contributed by atoms with van der Waals surface area (Å²) in [4.78, 5) is 0. The van der Waals surface area contributed by atoms with Gasteiger partial charge in [-0.2, -0.15) is 5.10 Å². The summed E-state index contributed by atoms with van der Waals surface area (Å²) >= 11 is 5.92. The lowest BCUT2D eigenvalue weighted by molar-refractivity contribution is 0.625. The molecule has 0 spiro atoms. The number of nitrogens with zero attached hydrogens (tertiary/aromatic N) is 2. The Balaban J connectivity index is 2.29. The summed E-state index contributed by atoms with van der Waals surface area (Å²) in [6, 6.07) is 7.72. The molecule has 0 atom stereocenters. The average molecular weight is 222 g/mol. The van der Waals surface area contributed by atoms with Gasteiger partial charge in [-0.1, -0.05) is 23.7 Å². The molecule has 0 fully saturated rings. The molecular formula is C11H12ClN3. The molecule has 0 radical (unpaired) electrons. The second-order valence-electron chi connectivity index (χ2n) is 3.29. The van der Waals surface area contributed by atoms with E-state index < -0.39 is 0 Å². The number of aromatic nitrogens is 2. The molecule has 0 bridgehead atoms. The molecule has 0 unspecified atom stereocenters. The zero-order valence-corrected chi connectivity index (χ0v) is 8.98. The summed E-state index contributed by atoms with van der Waals surface area (Å²) < 4.78 is 1.83. The minimum Gasteiger partial charge on any atom is -0.329 e. The van der Waals surface area contributed by atoms with Gasteiger partial charge in [0.2, 0.25) is 0 Å². The fraction of sp³-hybridized carbons (Fsp3) is 0.182. The Morgan fingerprint density at radius 1 is 1.33 bits per heavy atom. The van der Waals surface area contributed by atoms with E-state index in [1.54, 1.807) is 0 Å². The zero-order valence-electron chi connectivity index (χ0n) is 8.23. The summed E-state index contributed by atoms with van der Waals surface area (Å²) in [6.07, 6.45) is 3.79. The minimum atomic E-state index is 0.594. The lowest BCUT2D eigenvalue weighted by Gasteiger charge is -1.97. The van der Waals surface area contributed by atoms with Crippen LogP contribution in [-0.2, 0) is 6.54 Å². The van der Waals surface area contributed by atoms with Crippen molar-refractivity contribution in [3.05, 3.63) is 41.7 Å². The molecule has 15 heavy (non-hydrogen) atoms. The van der Waals surface area contributed by atoms with Crippen molar-refractivity contribution < 1.29 is 0 Å². The molecule has 3 nitrogen and oxygen atoms in total. The Morgan fingerprint density at radius 2 is 2.20 bits per heavy atom. The molecule has 1 aromatic heterocycles. The highest BCUT2D eigenvalue weighted by Crippen LogP contribution is 2.21. The van der Waals surface area contributed by atoms with Crippen molar-refractivity contribution in [1.29, 1.82) is 0 Å². The van der Waals surface area contributed by atoms with Gasteiger partial charge in [0, 0.05) is 23.3 Å². The van der Waals surface area contributed by atoms with Gasteiger partial charge in [-0.3, -0.25) is 4.68 Å². The van der Waals surface area contributed by atoms with E-state index in [0.717, 1.165) is 22.7 Å². The largest absolute Gasteiger partial charge is 0.329 e. The summed E-state index contributed by atoms with van der Waals surface area (Å²) in [6.45, 7) is 1.33. The third-order valence-electron chi connectivity index (χ3n) is 2.15. The molecule has 1 aromatic carbocycles. The first-order chi connectivity index (χ1) is 7.29. The molecule has 2 rings (SSSR count). The maximum atomic E-state index is 5.92. The van der Waals surface area contributed by atoms with Gasteiger partial charge in [-0.15, -0.1) is 0 Å². The summed E-state index contributed by atoms with van der Waals surface area (Å²) in [5, 5.41) is 4.94. The van der Waals surface area contributed by atoms with Crippen molar-refractivity contribution in [3.8, 4) is 11.1 Å². The van der Waals surface area contributed by atoms with Gasteiger partial charge in [0.1, 0.15) is 0 Å². The van der Waals surface area contributed by atoms with Crippen LogP contribution in [0.2, 0.25) is 5.02 Å². The number of benzene rings is 1. The molecule has 2 N–H and O–H groups in total. The maximum absolute atomic E-state index is 5.92. The Kier molecular flexibility index (Phi) is 3.04. The zero-order chi connectivity index (χ0) is 10.7. The number of rotatable bonds is 3. The van der Waals surface area contributed by atoms with Crippen LogP contribution in [0.25, 0.3) is 11.1 Å². The SMILES string of the molecule is NCCn1cc(-c2cccc(Cl)c2)cn1. The highest BCUT2D eigenvalue weighted by Gasteiger charge is 2.01. The molecule has 0 aliphatic heterocycles. The van der Waals surface area contributed by atoms with Crippen LogP contribution < -0.4 is 5.73 Å². The normalized spacial score (nSPS) is 10.5. The van der Waals surface area contributed by atoms with Gasteiger partial charge >= 0.3 is 0 Å². The van der Waals surface area contributed by atoms with Crippen LogP contribution in [0.4, 0.5) is 0 Å². The highest BCUT2D eigenvalue weighted by molar-refractivity contribution is 6.30. The number of halogens is 1. The fourth-order valence-corrected chi connectivity index (χ4v) is 1.63. The van der Waals surface area contributed by atoms with E-state index in [1.165, 1.54) is 0 Å². The topological polar surface area (TPSA) is 43.8 Å². The van der Waals surface area contributed by atoms with Crippen LogP contribution in [0.1, 0.15) is 0 Å². The molecule has 0 saturated heterocycles. The van der Waals surface area contributed by atoms with Crippen molar-refractivity contribution in [2.45, 2.75) is 6.54 Å². The number of hydrogen-bond acceptors (Lipinski definition) is 2. The van der Waals surface area contributed by atoms with Crippen LogP contribution in [0.5, 0.6) is 0 Å². The van der Waals surface area contributed by atoms with Crippen LogP contribution in [0.3, 0.4) is 0 Å². The van der Waals surface area contributed by atoms with E-state index in [-0.39, 0.29) is 0 Å². The molecule has 0 aliphatic carbocycles. The first-order valence-electron chi connectivity index (χ1n) is 4.78. The van der Waals surface area contributed by atoms with Gasteiger partial charge in [0.05, 0.1) is 12.7 Å². The van der Waals surface area contributed by atoms with Crippen molar-refractivity contribution in [2.24, 2.45) is 5.73 Å². The van der Waals surface area contributed by atoms with E-state index in [1.807, 2.05) is 41.3 Å². The lowest BCUT2D eigenvalue weighted by atomic mass is 10.1. The van der Waals surface area contributed by atoms with Crippen LogP contribution >= 0.6 is 11.6 Å². The van der Waals surface area contributed by atoms with Gasteiger partial charge in [-0.05, 0) is 17.7 Å². The molecular weight excluding hydrogens is 210 g/mol. The second kappa shape index (κ2) is 4.47. The predicted molar refractivity (Wildman–Crippen MR) is 61.7 cm³/mol. The summed E-state index contributed by atoms with van der Waals surface area (Å²) in [5.41, 5.74) is 7.59. The first-order valence-corrected chi connectivity index (χ1v) is 5.16. The van der Waals surface area contributed by atoms with Crippen molar-refractivity contribution >= 4 is 11.6 Å². The molecule has 78 valence electrons. The van der Waals surface area contributed by atoms with Crippen LogP contribution in [0.15, 0.2) is 36.7 Å². The van der Waals surface area contributed by atoms with E-state index in [4.69, 9.17) is 17.3 Å². The van der Waals surface area contributed by atoms with Crippen LogP contribution in [0, 0.1) is 0 Å². The Labute approximate surface area is 93.5 Å². The first kappa shape index (κ1) is 10.2. The maximum Gasteiger partial charge on any atom is 0.0568 e. The van der Waals surface area contributed by atoms with Crippen LogP contribution in [-0.4, -0.2) is 16.3 Å². The second-order valence-corrected chi connectivity index (χ2v) is 3.73. The molecule has 0 saturated carbocycles. The van der Waals surface area contributed by atoms with E-state index in [2.05, 4.69) is 5.10 Å². The molecule has 1 heterocycles. The average Bonchev–Trinajstić information content (AvgIpc) is 2.67. The third kappa shape index (κ3) is 2.37. The minimum absolute atomic E-state index is 0.594. The standard InChI is InChI=1S/C11H12ClN3/c12-11-3-1-2-9(6-11)10-7-14-15(8-10)5-4-13/h1-3,6-8H,4-5,13H2. The quantitative estimate of drug-likeness (QED) is 0.863. The highest BCUT2D eigenvalue weighted by atomic mass is 35.5. The Hall–Kier alpha value is -1.32. The van der Waals surface area contributed by atoms with E-state index in [0.29, 0.717) is 6.54 Å². The Morgan fingerprint density at radius 3 is 2.93 bits per heavy atom. The lowest BCUT2D eigenvalue weighted by Crippen LogP contribution is -2.09. The predicted octanol–water partition coefficient (Wildman–Crippen LogP) is 2.16. The van der Waals surface area contributed by atoms with Gasteiger partial charge in [0.15, 0.2) is 0 Å². The molecule has 0 amide bonds. The van der Waals surface area contributed by atoms with Crippen molar-refractivity contribution in [1.82, 2.24) is 9.78 Å².